The molecule has 0 saturated carbocycles. The zero-order valence-electron chi connectivity index (χ0n) is 26.6. The van der Waals surface area contributed by atoms with Gasteiger partial charge in [0.05, 0.1) is 31.1 Å². The first kappa shape index (κ1) is 31.6. The van der Waals surface area contributed by atoms with Crippen molar-refractivity contribution in [2.24, 2.45) is 0 Å². The van der Waals surface area contributed by atoms with E-state index < -0.39 is 17.3 Å². The number of rotatable bonds is 10. The predicted octanol–water partition coefficient (Wildman–Crippen LogP) is 5.12. The van der Waals surface area contributed by atoms with Crippen molar-refractivity contribution in [3.05, 3.63) is 106 Å². The number of likely N-dealkylation sites (N-methyl/N-ethyl adjacent to an activating group) is 1. The van der Waals surface area contributed by atoms with E-state index in [4.69, 9.17) is 14.2 Å². The standard InChI is InChI=1S/C35H35FN6O5/c1-40(2)25-13-15-41(21-25)20-23-16-27(35(44)42(39-23)24-8-6-5-7-9-24)34(43)38-22-10-11-31(28(36)17-22)47-30-12-14-37-29-19-33(46-4)32(45-3)18-26(29)30/h5-12,14,16-19,25H,13,15,20-21H2,1-4H3,(H,38,43). The Hall–Kier alpha value is -5.33. The summed E-state index contributed by atoms with van der Waals surface area (Å²) >= 11 is 0. The van der Waals surface area contributed by atoms with Gasteiger partial charge in [-0.2, -0.15) is 9.78 Å². The number of carbonyl (C=O) groups is 1. The molecule has 1 saturated heterocycles. The number of methoxy groups -OCH3 is 2. The van der Waals surface area contributed by atoms with Crippen LogP contribution in [0.15, 0.2) is 83.8 Å². The van der Waals surface area contributed by atoms with Crippen molar-refractivity contribution in [3.8, 4) is 28.7 Å². The normalized spacial score (nSPS) is 14.8. The maximum atomic E-state index is 15.4. The smallest absolute Gasteiger partial charge is 0.284 e. The maximum Gasteiger partial charge on any atom is 0.284 e. The summed E-state index contributed by atoms with van der Waals surface area (Å²) in [6.45, 7) is 2.20. The summed E-state index contributed by atoms with van der Waals surface area (Å²) in [6.07, 6.45) is 2.57. The van der Waals surface area contributed by atoms with Crippen molar-refractivity contribution < 1.29 is 23.4 Å². The van der Waals surface area contributed by atoms with Gasteiger partial charge in [-0.25, -0.2) is 4.39 Å². The molecule has 0 radical (unpaired) electrons. The van der Waals surface area contributed by atoms with Gasteiger partial charge in [-0.15, -0.1) is 0 Å². The third-order valence-electron chi connectivity index (χ3n) is 8.19. The second kappa shape index (κ2) is 13.6. The van der Waals surface area contributed by atoms with Gasteiger partial charge in [-0.1, -0.05) is 18.2 Å². The van der Waals surface area contributed by atoms with Gasteiger partial charge in [0.1, 0.15) is 11.3 Å². The number of nitrogens with one attached hydrogen (secondary N) is 1. The molecule has 242 valence electrons. The molecule has 1 atom stereocenters. The van der Waals surface area contributed by atoms with Gasteiger partial charge in [0.25, 0.3) is 11.5 Å². The summed E-state index contributed by atoms with van der Waals surface area (Å²) in [5.41, 5.74) is 1.16. The molecule has 1 aliphatic heterocycles. The van der Waals surface area contributed by atoms with Crippen molar-refractivity contribution in [1.82, 2.24) is 24.6 Å². The average molecular weight is 639 g/mol. The monoisotopic (exact) mass is 638 g/mol. The number of amides is 1. The lowest BCUT2D eigenvalue weighted by Gasteiger charge is -2.20. The molecule has 5 aromatic rings. The first-order valence-corrected chi connectivity index (χ1v) is 15.1. The molecule has 6 rings (SSSR count). The minimum Gasteiger partial charge on any atom is -0.493 e. The summed E-state index contributed by atoms with van der Waals surface area (Å²) in [7, 11) is 7.16. The Kier molecular flexibility index (Phi) is 9.14. The van der Waals surface area contributed by atoms with E-state index in [0.29, 0.717) is 52.1 Å². The number of likely N-dealkylation sites (tertiary alicyclic amines) is 1. The highest BCUT2D eigenvalue weighted by Crippen LogP contribution is 2.37. The van der Waals surface area contributed by atoms with Gasteiger partial charge in [0, 0.05) is 55.1 Å². The molecule has 1 fully saturated rings. The minimum atomic E-state index is -0.713. The number of nitrogens with zero attached hydrogens (tertiary/aromatic N) is 5. The molecule has 0 spiro atoms. The van der Waals surface area contributed by atoms with Crippen LogP contribution in [0.1, 0.15) is 22.5 Å². The molecule has 1 amide bonds. The topological polar surface area (TPSA) is 111 Å². The Morgan fingerprint density at radius 2 is 1.74 bits per heavy atom. The molecule has 1 aliphatic rings. The van der Waals surface area contributed by atoms with Crippen LogP contribution in [-0.2, 0) is 6.54 Å². The van der Waals surface area contributed by atoms with Gasteiger partial charge in [0.2, 0.25) is 0 Å². The molecular formula is C35H35FN6O5. The fourth-order valence-electron chi connectivity index (χ4n) is 5.65. The van der Waals surface area contributed by atoms with Gasteiger partial charge in [0.15, 0.2) is 23.1 Å². The molecular weight excluding hydrogens is 603 g/mol. The first-order chi connectivity index (χ1) is 22.7. The first-order valence-electron chi connectivity index (χ1n) is 15.1. The highest BCUT2D eigenvalue weighted by molar-refractivity contribution is 6.04. The Morgan fingerprint density at radius 1 is 0.979 bits per heavy atom. The Labute approximate surface area is 271 Å². The highest BCUT2D eigenvalue weighted by Gasteiger charge is 2.26. The van der Waals surface area contributed by atoms with E-state index in [9.17, 15) is 9.59 Å². The van der Waals surface area contributed by atoms with E-state index in [-0.39, 0.29) is 17.0 Å². The quantitative estimate of drug-likeness (QED) is 0.223. The van der Waals surface area contributed by atoms with Gasteiger partial charge in [-0.05, 0) is 63.0 Å². The second-order valence-electron chi connectivity index (χ2n) is 11.5. The Bertz CT molecular complexity index is 1980. The van der Waals surface area contributed by atoms with E-state index in [1.165, 1.54) is 37.1 Å². The van der Waals surface area contributed by atoms with Crippen LogP contribution in [0.25, 0.3) is 16.6 Å². The molecule has 2 aromatic heterocycles. The van der Waals surface area contributed by atoms with Gasteiger partial charge in [-0.3, -0.25) is 19.5 Å². The SMILES string of the molecule is COc1cc2nccc(Oc3ccc(NC(=O)c4cc(CN5CCC(N(C)C)C5)nn(-c5ccccc5)c4=O)cc3F)c2cc1OC. The number of fused-ring (bicyclic) bond motifs is 1. The zero-order valence-corrected chi connectivity index (χ0v) is 26.6. The second-order valence-corrected chi connectivity index (χ2v) is 11.5. The number of hydrogen-bond acceptors (Lipinski definition) is 9. The molecule has 0 aliphatic carbocycles. The van der Waals surface area contributed by atoms with E-state index in [1.54, 1.807) is 48.7 Å². The number of hydrogen-bond donors (Lipinski definition) is 1. The van der Waals surface area contributed by atoms with Crippen LogP contribution in [0.4, 0.5) is 10.1 Å². The van der Waals surface area contributed by atoms with E-state index in [1.807, 2.05) is 6.07 Å². The summed E-state index contributed by atoms with van der Waals surface area (Å²) < 4.78 is 33.3. The number of carbonyl (C=O) groups excluding carboxylic acids is 1. The number of ether oxygens (including phenoxy) is 3. The summed E-state index contributed by atoms with van der Waals surface area (Å²) in [6, 6.07) is 20.0. The molecule has 47 heavy (non-hydrogen) atoms. The number of halogens is 1. The van der Waals surface area contributed by atoms with Crippen LogP contribution in [-0.4, -0.2) is 77.9 Å². The van der Waals surface area contributed by atoms with Crippen LogP contribution < -0.4 is 25.1 Å². The minimum absolute atomic E-state index is 0.0652. The lowest BCUT2D eigenvalue weighted by molar-refractivity contribution is 0.102. The fraction of sp³-hybridized carbons (Fsp3) is 0.257. The van der Waals surface area contributed by atoms with Crippen LogP contribution in [0.3, 0.4) is 0 Å². The number of para-hydroxylation sites is 1. The van der Waals surface area contributed by atoms with Crippen LogP contribution in [0.5, 0.6) is 23.0 Å². The van der Waals surface area contributed by atoms with Gasteiger partial charge < -0.3 is 24.4 Å². The van der Waals surface area contributed by atoms with Crippen molar-refractivity contribution >= 4 is 22.5 Å². The molecule has 1 unspecified atom stereocenters. The largest absolute Gasteiger partial charge is 0.493 e. The Morgan fingerprint density at radius 3 is 2.45 bits per heavy atom. The van der Waals surface area contributed by atoms with Crippen LogP contribution >= 0.6 is 0 Å². The molecule has 12 heteroatoms. The molecule has 3 heterocycles. The van der Waals surface area contributed by atoms with E-state index in [0.717, 1.165) is 25.6 Å². The van der Waals surface area contributed by atoms with Crippen molar-refractivity contribution in [2.75, 3.05) is 46.7 Å². The number of anilines is 1. The Balaban J connectivity index is 1.26. The number of pyridine rings is 1. The van der Waals surface area contributed by atoms with Crippen LogP contribution in [0, 0.1) is 5.82 Å². The third kappa shape index (κ3) is 6.79. The van der Waals surface area contributed by atoms with E-state index in [2.05, 4.69) is 39.3 Å². The van der Waals surface area contributed by atoms with Crippen molar-refractivity contribution in [1.29, 1.82) is 0 Å². The molecule has 1 N–H and O–H groups in total. The molecule has 11 nitrogen and oxygen atoms in total. The molecule has 3 aromatic carbocycles. The third-order valence-corrected chi connectivity index (χ3v) is 8.19. The fourth-order valence-corrected chi connectivity index (χ4v) is 5.65. The van der Waals surface area contributed by atoms with Crippen molar-refractivity contribution in [2.45, 2.75) is 19.0 Å². The summed E-state index contributed by atoms with van der Waals surface area (Å²) in [5.74, 6) is -0.126. The number of benzene rings is 3. The number of aromatic nitrogens is 3. The highest BCUT2D eigenvalue weighted by atomic mass is 19.1. The lowest BCUT2D eigenvalue weighted by atomic mass is 10.1. The summed E-state index contributed by atoms with van der Waals surface area (Å²) in [4.78, 5) is 35.9. The van der Waals surface area contributed by atoms with Crippen molar-refractivity contribution in [3.63, 3.8) is 0 Å². The predicted molar refractivity (Wildman–Crippen MR) is 176 cm³/mol. The van der Waals surface area contributed by atoms with Gasteiger partial charge >= 0.3 is 0 Å². The molecule has 0 bridgehead atoms. The average Bonchev–Trinajstić information content (AvgIpc) is 3.55. The summed E-state index contributed by atoms with van der Waals surface area (Å²) in [5, 5.41) is 7.87. The maximum absolute atomic E-state index is 15.4. The zero-order chi connectivity index (χ0) is 33.1. The van der Waals surface area contributed by atoms with E-state index >= 15 is 4.39 Å². The van der Waals surface area contributed by atoms with Crippen LogP contribution in [0.2, 0.25) is 0 Å². The lowest BCUT2D eigenvalue weighted by Crippen LogP contribution is -2.33.